The molecule has 0 bridgehead atoms. The van der Waals surface area contributed by atoms with Gasteiger partial charge in [-0.05, 0) is 11.6 Å². The molecule has 0 aliphatic carbocycles. The second-order valence-electron chi connectivity index (χ2n) is 5.05. The average molecular weight is 267 g/mol. The second-order valence-corrected chi connectivity index (χ2v) is 5.05. The number of hydrogen-bond donors (Lipinski definition) is 2. The standard InChI is InChI=1S/C14H25N3O2/c1-11(2)15-7-12-5-6-14(16-8-12)17(3)9-13(18)10-19-4/h5-6,8,11,13,15,18H,7,9-10H2,1-4H3. The van der Waals surface area contributed by atoms with Crippen LogP contribution in [-0.2, 0) is 11.3 Å². The smallest absolute Gasteiger partial charge is 0.128 e. The Hall–Kier alpha value is -1.17. The van der Waals surface area contributed by atoms with Gasteiger partial charge in [0.2, 0.25) is 0 Å². The molecule has 0 aromatic carbocycles. The summed E-state index contributed by atoms with van der Waals surface area (Å²) in [6, 6.07) is 4.49. The largest absolute Gasteiger partial charge is 0.389 e. The van der Waals surface area contributed by atoms with Crippen molar-refractivity contribution in [3.05, 3.63) is 23.9 Å². The second kappa shape index (κ2) is 8.09. The van der Waals surface area contributed by atoms with E-state index in [-0.39, 0.29) is 0 Å². The van der Waals surface area contributed by atoms with Gasteiger partial charge >= 0.3 is 0 Å². The van der Waals surface area contributed by atoms with E-state index in [0.29, 0.717) is 19.2 Å². The Morgan fingerprint density at radius 2 is 2.16 bits per heavy atom. The monoisotopic (exact) mass is 267 g/mol. The predicted molar refractivity (Wildman–Crippen MR) is 77.4 cm³/mol. The number of hydrogen-bond acceptors (Lipinski definition) is 5. The first-order chi connectivity index (χ1) is 9.02. The van der Waals surface area contributed by atoms with Gasteiger partial charge in [-0.15, -0.1) is 0 Å². The van der Waals surface area contributed by atoms with Crippen LogP contribution in [0.15, 0.2) is 18.3 Å². The van der Waals surface area contributed by atoms with Gasteiger partial charge in [0, 0.05) is 39.5 Å². The topological polar surface area (TPSA) is 57.6 Å². The Balaban J connectivity index is 2.50. The van der Waals surface area contributed by atoms with Crippen molar-refractivity contribution >= 4 is 5.82 Å². The van der Waals surface area contributed by atoms with Crippen molar-refractivity contribution in [1.29, 1.82) is 0 Å². The highest BCUT2D eigenvalue weighted by Crippen LogP contribution is 2.10. The molecule has 2 N–H and O–H groups in total. The summed E-state index contributed by atoms with van der Waals surface area (Å²) in [5.74, 6) is 0.850. The van der Waals surface area contributed by atoms with Crippen LogP contribution >= 0.6 is 0 Å². The lowest BCUT2D eigenvalue weighted by Crippen LogP contribution is -2.32. The molecule has 0 amide bonds. The molecule has 0 saturated carbocycles. The Bertz CT molecular complexity index is 354. The first-order valence-corrected chi connectivity index (χ1v) is 6.59. The lowest BCUT2D eigenvalue weighted by Gasteiger charge is -2.21. The Kier molecular flexibility index (Phi) is 6.77. The van der Waals surface area contributed by atoms with Gasteiger partial charge in [-0.1, -0.05) is 19.9 Å². The molecule has 1 aromatic rings. The van der Waals surface area contributed by atoms with Crippen LogP contribution in [0.1, 0.15) is 19.4 Å². The zero-order chi connectivity index (χ0) is 14.3. The third kappa shape index (κ3) is 6.00. The number of aliphatic hydroxyl groups excluding tert-OH is 1. The molecule has 5 nitrogen and oxygen atoms in total. The van der Waals surface area contributed by atoms with E-state index in [2.05, 4.69) is 30.2 Å². The maximum Gasteiger partial charge on any atom is 0.128 e. The van der Waals surface area contributed by atoms with Crippen LogP contribution in [-0.4, -0.2) is 49.5 Å². The molecule has 0 fully saturated rings. The summed E-state index contributed by atoms with van der Waals surface area (Å²) in [4.78, 5) is 6.32. The fraction of sp³-hybridized carbons (Fsp3) is 0.643. The third-order valence-corrected chi connectivity index (χ3v) is 2.76. The van der Waals surface area contributed by atoms with E-state index in [1.165, 1.54) is 0 Å². The van der Waals surface area contributed by atoms with Gasteiger partial charge in [0.15, 0.2) is 0 Å². The minimum absolute atomic E-state index is 0.334. The van der Waals surface area contributed by atoms with Crippen molar-refractivity contribution in [3.63, 3.8) is 0 Å². The molecule has 0 radical (unpaired) electrons. The Labute approximate surface area is 115 Å². The third-order valence-electron chi connectivity index (χ3n) is 2.76. The number of nitrogens with zero attached hydrogens (tertiary/aromatic N) is 2. The lowest BCUT2D eigenvalue weighted by molar-refractivity contribution is 0.0694. The maximum absolute atomic E-state index is 9.68. The predicted octanol–water partition coefficient (Wildman–Crippen LogP) is 1.02. The van der Waals surface area contributed by atoms with E-state index < -0.39 is 6.10 Å². The van der Waals surface area contributed by atoms with Crippen LogP contribution < -0.4 is 10.2 Å². The average Bonchev–Trinajstić information content (AvgIpc) is 2.37. The van der Waals surface area contributed by atoms with Crippen LogP contribution in [0.4, 0.5) is 5.82 Å². The number of aromatic nitrogens is 1. The number of likely N-dealkylation sites (N-methyl/N-ethyl adjacent to an activating group) is 1. The van der Waals surface area contributed by atoms with Gasteiger partial charge in [0.25, 0.3) is 0 Å². The van der Waals surface area contributed by atoms with E-state index in [1.54, 1.807) is 7.11 Å². The van der Waals surface area contributed by atoms with Crippen LogP contribution in [0.3, 0.4) is 0 Å². The molecule has 0 spiro atoms. The highest BCUT2D eigenvalue weighted by atomic mass is 16.5. The molecule has 19 heavy (non-hydrogen) atoms. The Morgan fingerprint density at radius 1 is 1.42 bits per heavy atom. The molecule has 1 rings (SSSR count). The van der Waals surface area contributed by atoms with E-state index in [9.17, 15) is 5.11 Å². The molecular formula is C14H25N3O2. The van der Waals surface area contributed by atoms with Crippen LogP contribution in [0.5, 0.6) is 0 Å². The summed E-state index contributed by atoms with van der Waals surface area (Å²) >= 11 is 0. The van der Waals surface area contributed by atoms with Gasteiger partial charge in [-0.3, -0.25) is 0 Å². The number of ether oxygens (including phenoxy) is 1. The lowest BCUT2D eigenvalue weighted by atomic mass is 10.2. The number of anilines is 1. The SMILES string of the molecule is COCC(O)CN(C)c1ccc(CNC(C)C)cn1. The normalized spacial score (nSPS) is 12.7. The minimum Gasteiger partial charge on any atom is -0.389 e. The molecule has 1 heterocycles. The van der Waals surface area contributed by atoms with Crippen molar-refractivity contribution < 1.29 is 9.84 Å². The summed E-state index contributed by atoms with van der Waals surface area (Å²) in [6.07, 6.45) is 1.36. The zero-order valence-electron chi connectivity index (χ0n) is 12.3. The van der Waals surface area contributed by atoms with Crippen molar-refractivity contribution in [3.8, 4) is 0 Å². The summed E-state index contributed by atoms with van der Waals surface area (Å²) in [6.45, 7) is 5.89. The first kappa shape index (κ1) is 15.9. The molecular weight excluding hydrogens is 242 g/mol. The summed E-state index contributed by atoms with van der Waals surface area (Å²) in [7, 11) is 3.49. The molecule has 0 aliphatic rings. The summed E-state index contributed by atoms with van der Waals surface area (Å²) in [5, 5.41) is 13.0. The number of nitrogens with one attached hydrogen (secondary N) is 1. The highest BCUT2D eigenvalue weighted by Gasteiger charge is 2.09. The quantitative estimate of drug-likeness (QED) is 0.736. The first-order valence-electron chi connectivity index (χ1n) is 6.59. The fourth-order valence-corrected chi connectivity index (χ4v) is 1.72. The van der Waals surface area contributed by atoms with E-state index in [0.717, 1.165) is 17.9 Å². The van der Waals surface area contributed by atoms with Gasteiger partial charge < -0.3 is 20.1 Å². The highest BCUT2D eigenvalue weighted by molar-refractivity contribution is 5.38. The van der Waals surface area contributed by atoms with Crippen molar-refractivity contribution in [1.82, 2.24) is 10.3 Å². The van der Waals surface area contributed by atoms with Crippen LogP contribution in [0.2, 0.25) is 0 Å². The Morgan fingerprint density at radius 3 is 2.68 bits per heavy atom. The molecule has 108 valence electrons. The molecule has 1 atom stereocenters. The molecule has 1 aromatic heterocycles. The zero-order valence-corrected chi connectivity index (χ0v) is 12.3. The van der Waals surface area contributed by atoms with E-state index in [4.69, 9.17) is 4.74 Å². The molecule has 0 saturated heterocycles. The fourth-order valence-electron chi connectivity index (χ4n) is 1.72. The number of aliphatic hydroxyl groups is 1. The molecule has 5 heteroatoms. The molecule has 0 aliphatic heterocycles. The van der Waals surface area contributed by atoms with Gasteiger partial charge in [0.05, 0.1) is 12.7 Å². The van der Waals surface area contributed by atoms with Gasteiger partial charge in [-0.25, -0.2) is 4.98 Å². The maximum atomic E-state index is 9.68. The molecule has 1 unspecified atom stereocenters. The summed E-state index contributed by atoms with van der Waals surface area (Å²) < 4.78 is 4.91. The van der Waals surface area contributed by atoms with Crippen molar-refractivity contribution in [2.45, 2.75) is 32.5 Å². The number of pyridine rings is 1. The van der Waals surface area contributed by atoms with Gasteiger partial charge in [0.1, 0.15) is 5.82 Å². The summed E-state index contributed by atoms with van der Waals surface area (Å²) in [5.41, 5.74) is 1.16. The number of rotatable bonds is 8. The van der Waals surface area contributed by atoms with E-state index >= 15 is 0 Å². The van der Waals surface area contributed by atoms with Crippen molar-refractivity contribution in [2.75, 3.05) is 32.2 Å². The van der Waals surface area contributed by atoms with Crippen molar-refractivity contribution in [2.24, 2.45) is 0 Å². The van der Waals surface area contributed by atoms with Gasteiger partial charge in [-0.2, -0.15) is 0 Å². The van der Waals surface area contributed by atoms with Crippen LogP contribution in [0, 0.1) is 0 Å². The number of methoxy groups -OCH3 is 1. The van der Waals surface area contributed by atoms with Crippen LogP contribution in [0.25, 0.3) is 0 Å². The van der Waals surface area contributed by atoms with E-state index in [1.807, 2.05) is 24.2 Å². The minimum atomic E-state index is -0.501.